The van der Waals surface area contributed by atoms with E-state index in [4.69, 9.17) is 23.2 Å². The summed E-state index contributed by atoms with van der Waals surface area (Å²) in [5, 5.41) is 1.22. The van der Waals surface area contributed by atoms with Gasteiger partial charge in [-0.1, -0.05) is 23.2 Å². The van der Waals surface area contributed by atoms with Gasteiger partial charge in [0.1, 0.15) is 0 Å². The van der Waals surface area contributed by atoms with Crippen LogP contribution in [0.15, 0.2) is 47.5 Å². The molecule has 0 N–H and O–H groups in total. The fraction of sp³-hybridized carbons (Fsp3) is 0.133. The summed E-state index contributed by atoms with van der Waals surface area (Å²) in [7, 11) is 4.01. The third-order valence-electron chi connectivity index (χ3n) is 2.61. The lowest BCUT2D eigenvalue weighted by molar-refractivity contribution is 1.13. The molecule has 2 aromatic rings. The van der Waals surface area contributed by atoms with E-state index in [1.165, 1.54) is 0 Å². The van der Waals surface area contributed by atoms with E-state index in [1.54, 1.807) is 12.3 Å². The van der Waals surface area contributed by atoms with Gasteiger partial charge in [0, 0.05) is 36.0 Å². The van der Waals surface area contributed by atoms with Crippen LogP contribution in [0.25, 0.3) is 0 Å². The van der Waals surface area contributed by atoms with Gasteiger partial charge in [0.25, 0.3) is 0 Å². The molecule has 0 saturated heterocycles. The smallest absolute Gasteiger partial charge is 0.0631 e. The van der Waals surface area contributed by atoms with Gasteiger partial charge in [-0.3, -0.25) is 4.99 Å². The molecule has 0 atom stereocenters. The second-order valence-electron chi connectivity index (χ2n) is 4.37. The van der Waals surface area contributed by atoms with Crippen LogP contribution in [0.2, 0.25) is 10.0 Å². The lowest BCUT2D eigenvalue weighted by atomic mass is 10.2. The number of halogens is 2. The number of anilines is 1. The highest BCUT2D eigenvalue weighted by molar-refractivity contribution is 6.35. The molecular weight excluding hydrogens is 279 g/mol. The van der Waals surface area contributed by atoms with Crippen molar-refractivity contribution in [3.63, 3.8) is 0 Å². The fourth-order valence-corrected chi connectivity index (χ4v) is 2.18. The lowest BCUT2D eigenvalue weighted by Gasteiger charge is -2.11. The molecule has 0 saturated carbocycles. The Hall–Kier alpha value is -1.51. The third kappa shape index (κ3) is 3.98. The molecule has 0 radical (unpaired) electrons. The molecule has 0 amide bonds. The zero-order chi connectivity index (χ0) is 13.8. The minimum atomic E-state index is 0.608. The summed E-state index contributed by atoms with van der Waals surface area (Å²) in [6.45, 7) is 0. The van der Waals surface area contributed by atoms with Crippen molar-refractivity contribution in [1.29, 1.82) is 0 Å². The predicted molar refractivity (Wildman–Crippen MR) is 84.5 cm³/mol. The van der Waals surface area contributed by atoms with Crippen molar-refractivity contribution in [3.05, 3.63) is 58.1 Å². The topological polar surface area (TPSA) is 15.6 Å². The van der Waals surface area contributed by atoms with E-state index in [0.29, 0.717) is 10.0 Å². The van der Waals surface area contributed by atoms with Crippen molar-refractivity contribution in [2.24, 2.45) is 4.99 Å². The van der Waals surface area contributed by atoms with Crippen molar-refractivity contribution in [2.75, 3.05) is 19.0 Å². The zero-order valence-corrected chi connectivity index (χ0v) is 12.3. The summed E-state index contributed by atoms with van der Waals surface area (Å²) in [5.74, 6) is 0. The SMILES string of the molecule is CN(C)c1ccc(N=Cc2cc(Cl)cc(Cl)c2)cc1. The van der Waals surface area contributed by atoms with Crippen LogP contribution in [0.5, 0.6) is 0 Å². The molecule has 0 aliphatic carbocycles. The van der Waals surface area contributed by atoms with Gasteiger partial charge in [-0.25, -0.2) is 0 Å². The van der Waals surface area contributed by atoms with Crippen LogP contribution in [0.4, 0.5) is 11.4 Å². The first kappa shape index (κ1) is 13.9. The average Bonchev–Trinajstić information content (AvgIpc) is 2.36. The van der Waals surface area contributed by atoms with Crippen molar-refractivity contribution >= 4 is 40.8 Å². The Balaban J connectivity index is 2.17. The number of nitrogens with zero attached hydrogens (tertiary/aromatic N) is 2. The molecule has 4 heteroatoms. The molecule has 2 aromatic carbocycles. The van der Waals surface area contributed by atoms with Gasteiger partial charge in [0.05, 0.1) is 5.69 Å². The Morgan fingerprint density at radius 3 is 2.05 bits per heavy atom. The largest absolute Gasteiger partial charge is 0.378 e. The maximum atomic E-state index is 5.94. The van der Waals surface area contributed by atoms with E-state index in [9.17, 15) is 0 Å². The van der Waals surface area contributed by atoms with E-state index in [-0.39, 0.29) is 0 Å². The molecule has 0 aliphatic rings. The monoisotopic (exact) mass is 292 g/mol. The predicted octanol–water partition coefficient (Wildman–Crippen LogP) is 4.81. The maximum Gasteiger partial charge on any atom is 0.0631 e. The molecule has 0 fully saturated rings. The van der Waals surface area contributed by atoms with Crippen LogP contribution in [-0.4, -0.2) is 20.3 Å². The maximum absolute atomic E-state index is 5.94. The van der Waals surface area contributed by atoms with Crippen molar-refractivity contribution < 1.29 is 0 Å². The van der Waals surface area contributed by atoms with E-state index in [0.717, 1.165) is 16.9 Å². The minimum Gasteiger partial charge on any atom is -0.378 e. The fourth-order valence-electron chi connectivity index (χ4n) is 1.64. The van der Waals surface area contributed by atoms with Gasteiger partial charge >= 0.3 is 0 Å². The van der Waals surface area contributed by atoms with Gasteiger partial charge in [-0.2, -0.15) is 0 Å². The van der Waals surface area contributed by atoms with E-state index in [1.807, 2.05) is 55.4 Å². The summed E-state index contributed by atoms with van der Waals surface area (Å²) >= 11 is 11.9. The first-order valence-corrected chi connectivity index (χ1v) is 6.58. The normalized spacial score (nSPS) is 10.9. The Kier molecular flexibility index (Phi) is 4.46. The number of rotatable bonds is 3. The average molecular weight is 293 g/mol. The molecule has 98 valence electrons. The Bertz CT molecular complexity index is 569. The molecule has 2 rings (SSSR count). The quantitative estimate of drug-likeness (QED) is 0.741. The first-order valence-electron chi connectivity index (χ1n) is 5.82. The van der Waals surface area contributed by atoms with E-state index in [2.05, 4.69) is 4.99 Å². The zero-order valence-electron chi connectivity index (χ0n) is 10.8. The third-order valence-corrected chi connectivity index (χ3v) is 3.05. The molecule has 0 unspecified atom stereocenters. The number of benzene rings is 2. The molecule has 0 aromatic heterocycles. The molecular formula is C15H14Cl2N2. The van der Waals surface area contributed by atoms with Crippen molar-refractivity contribution in [1.82, 2.24) is 0 Å². The molecule has 0 heterocycles. The molecule has 0 bridgehead atoms. The number of aliphatic imine (C=N–C) groups is 1. The standard InChI is InChI=1S/C15H14Cl2N2/c1-19(2)15-5-3-14(4-6-15)18-10-11-7-12(16)9-13(17)8-11/h3-10H,1-2H3. The molecule has 0 spiro atoms. The Labute approximate surface area is 123 Å². The summed E-state index contributed by atoms with van der Waals surface area (Å²) < 4.78 is 0. The highest BCUT2D eigenvalue weighted by Crippen LogP contribution is 2.20. The second kappa shape index (κ2) is 6.09. The van der Waals surface area contributed by atoms with Crippen LogP contribution in [0.3, 0.4) is 0 Å². The van der Waals surface area contributed by atoms with Crippen LogP contribution < -0.4 is 4.90 Å². The second-order valence-corrected chi connectivity index (χ2v) is 5.24. The summed E-state index contributed by atoms with van der Waals surface area (Å²) in [6, 6.07) is 13.3. The van der Waals surface area contributed by atoms with E-state index < -0.39 is 0 Å². The first-order chi connectivity index (χ1) is 9.04. The number of hydrogen-bond donors (Lipinski definition) is 0. The van der Waals surface area contributed by atoms with Crippen molar-refractivity contribution in [2.45, 2.75) is 0 Å². The summed E-state index contributed by atoms with van der Waals surface area (Å²) in [4.78, 5) is 6.44. The minimum absolute atomic E-state index is 0.608. The van der Waals surface area contributed by atoms with Gasteiger partial charge in [-0.15, -0.1) is 0 Å². The highest BCUT2D eigenvalue weighted by atomic mass is 35.5. The van der Waals surface area contributed by atoms with Gasteiger partial charge in [0.2, 0.25) is 0 Å². The van der Waals surface area contributed by atoms with Crippen LogP contribution in [0, 0.1) is 0 Å². The molecule has 19 heavy (non-hydrogen) atoms. The van der Waals surface area contributed by atoms with Crippen LogP contribution in [-0.2, 0) is 0 Å². The van der Waals surface area contributed by atoms with Crippen molar-refractivity contribution in [3.8, 4) is 0 Å². The highest BCUT2D eigenvalue weighted by Gasteiger charge is 1.97. The summed E-state index contributed by atoms with van der Waals surface area (Å²) in [5.41, 5.74) is 2.92. The van der Waals surface area contributed by atoms with Crippen LogP contribution >= 0.6 is 23.2 Å². The Morgan fingerprint density at radius 2 is 1.53 bits per heavy atom. The summed E-state index contributed by atoms with van der Waals surface area (Å²) in [6.07, 6.45) is 1.75. The number of hydrogen-bond acceptors (Lipinski definition) is 2. The van der Waals surface area contributed by atoms with Crippen LogP contribution in [0.1, 0.15) is 5.56 Å². The van der Waals surface area contributed by atoms with Gasteiger partial charge in [0.15, 0.2) is 0 Å². The Morgan fingerprint density at radius 1 is 0.947 bits per heavy atom. The molecule has 0 aliphatic heterocycles. The van der Waals surface area contributed by atoms with Gasteiger partial charge < -0.3 is 4.90 Å². The van der Waals surface area contributed by atoms with E-state index >= 15 is 0 Å². The lowest BCUT2D eigenvalue weighted by Crippen LogP contribution is -2.07. The molecule has 2 nitrogen and oxygen atoms in total. The van der Waals surface area contributed by atoms with Gasteiger partial charge in [-0.05, 0) is 48.0 Å².